The monoisotopic (exact) mass is 271 g/mol. The summed E-state index contributed by atoms with van der Waals surface area (Å²) < 4.78 is 5.27. The van der Waals surface area contributed by atoms with Gasteiger partial charge in [-0.3, -0.25) is 4.79 Å². The number of carboxylic acid groups (broad SMARTS) is 1. The van der Waals surface area contributed by atoms with Crippen LogP contribution in [0.2, 0.25) is 0 Å². The molecule has 0 aromatic carbocycles. The molecule has 110 valence electrons. The van der Waals surface area contributed by atoms with Crippen LogP contribution < -0.4 is 5.32 Å². The van der Waals surface area contributed by atoms with Gasteiger partial charge in [0.2, 0.25) is 5.91 Å². The average molecular weight is 271 g/mol. The molecule has 0 bridgehead atoms. The van der Waals surface area contributed by atoms with Crippen LogP contribution in [-0.4, -0.2) is 36.2 Å². The van der Waals surface area contributed by atoms with Gasteiger partial charge in [-0.15, -0.1) is 0 Å². The molecule has 2 N–H and O–H groups in total. The molecule has 0 aromatic heterocycles. The van der Waals surface area contributed by atoms with E-state index in [1.807, 2.05) is 13.8 Å². The third-order valence-electron chi connectivity index (χ3n) is 3.46. The molecule has 0 unspecified atom stereocenters. The normalized spacial score (nSPS) is 18.3. The Morgan fingerprint density at radius 3 is 2.47 bits per heavy atom. The van der Waals surface area contributed by atoms with Gasteiger partial charge in [0.25, 0.3) is 0 Å². The summed E-state index contributed by atoms with van der Waals surface area (Å²) in [5.41, 5.74) is 0. The molecule has 1 aliphatic rings. The Morgan fingerprint density at radius 2 is 1.95 bits per heavy atom. The molecule has 1 rings (SSSR count). The first-order chi connectivity index (χ1) is 8.99. The third kappa shape index (κ3) is 6.57. The highest BCUT2D eigenvalue weighted by atomic mass is 16.5. The number of nitrogens with one attached hydrogen (secondary N) is 1. The maximum Gasteiger partial charge on any atom is 0.326 e. The van der Waals surface area contributed by atoms with E-state index in [4.69, 9.17) is 9.84 Å². The molecule has 0 aromatic rings. The molecule has 1 amide bonds. The number of carboxylic acids is 1. The topological polar surface area (TPSA) is 75.6 Å². The predicted molar refractivity (Wildman–Crippen MR) is 71.8 cm³/mol. The second kappa shape index (κ2) is 8.15. The van der Waals surface area contributed by atoms with Crippen LogP contribution in [0.25, 0.3) is 0 Å². The molecule has 1 atom stereocenters. The lowest BCUT2D eigenvalue weighted by Gasteiger charge is -2.22. The zero-order valence-corrected chi connectivity index (χ0v) is 11.9. The van der Waals surface area contributed by atoms with Gasteiger partial charge in [-0.05, 0) is 37.5 Å². The Kier molecular flexibility index (Phi) is 6.84. The van der Waals surface area contributed by atoms with Crippen LogP contribution in [0.1, 0.15) is 46.0 Å². The number of carbonyl (C=O) groups is 2. The Labute approximate surface area is 114 Å². The number of hydrogen-bond acceptors (Lipinski definition) is 3. The van der Waals surface area contributed by atoms with Crippen LogP contribution in [0.4, 0.5) is 0 Å². The number of aliphatic carboxylic acids is 1. The van der Waals surface area contributed by atoms with E-state index in [2.05, 4.69) is 5.32 Å². The molecule has 0 spiro atoms. The Morgan fingerprint density at radius 1 is 1.32 bits per heavy atom. The van der Waals surface area contributed by atoms with Gasteiger partial charge >= 0.3 is 5.97 Å². The Balaban J connectivity index is 2.29. The lowest BCUT2D eigenvalue weighted by molar-refractivity contribution is -0.142. The minimum atomic E-state index is -0.951. The number of carbonyl (C=O) groups excluding carboxylic acids is 1. The van der Waals surface area contributed by atoms with Crippen molar-refractivity contribution >= 4 is 11.9 Å². The van der Waals surface area contributed by atoms with E-state index in [-0.39, 0.29) is 11.8 Å². The molecule has 19 heavy (non-hydrogen) atoms. The number of hydrogen-bond donors (Lipinski definition) is 2. The second-order valence-electron chi connectivity index (χ2n) is 5.68. The van der Waals surface area contributed by atoms with E-state index in [0.717, 1.165) is 32.5 Å². The SMILES string of the molecule is CC(C)C[C@H](NC(=O)CCC1CCOCC1)C(=O)O. The van der Waals surface area contributed by atoms with Gasteiger partial charge in [0.15, 0.2) is 0 Å². The number of amides is 1. The van der Waals surface area contributed by atoms with Crippen molar-refractivity contribution in [3.8, 4) is 0 Å². The fourth-order valence-electron chi connectivity index (χ4n) is 2.33. The van der Waals surface area contributed by atoms with Gasteiger partial charge in [-0.1, -0.05) is 13.8 Å². The molecular formula is C14H25NO4. The minimum absolute atomic E-state index is 0.153. The second-order valence-corrected chi connectivity index (χ2v) is 5.68. The summed E-state index contributed by atoms with van der Waals surface area (Å²) >= 11 is 0. The van der Waals surface area contributed by atoms with Gasteiger partial charge in [0.05, 0.1) is 0 Å². The van der Waals surface area contributed by atoms with Crippen molar-refractivity contribution in [2.45, 2.75) is 52.0 Å². The predicted octanol–water partition coefficient (Wildman–Crippen LogP) is 1.81. The first kappa shape index (κ1) is 16.0. The van der Waals surface area contributed by atoms with Crippen LogP contribution in [-0.2, 0) is 14.3 Å². The van der Waals surface area contributed by atoms with Crippen LogP contribution in [0.15, 0.2) is 0 Å². The van der Waals surface area contributed by atoms with Gasteiger partial charge in [-0.2, -0.15) is 0 Å². The smallest absolute Gasteiger partial charge is 0.326 e. The van der Waals surface area contributed by atoms with Crippen molar-refractivity contribution in [1.82, 2.24) is 5.32 Å². The summed E-state index contributed by atoms with van der Waals surface area (Å²) in [7, 11) is 0. The maximum absolute atomic E-state index is 11.8. The maximum atomic E-state index is 11.8. The van der Waals surface area contributed by atoms with Crippen LogP contribution in [0.5, 0.6) is 0 Å². The summed E-state index contributed by atoms with van der Waals surface area (Å²) in [6.07, 6.45) is 3.71. The van der Waals surface area contributed by atoms with E-state index >= 15 is 0 Å². The van der Waals surface area contributed by atoms with E-state index < -0.39 is 12.0 Å². The van der Waals surface area contributed by atoms with E-state index in [9.17, 15) is 9.59 Å². The molecule has 0 aliphatic carbocycles. The summed E-state index contributed by atoms with van der Waals surface area (Å²) in [6, 6.07) is -0.762. The lowest BCUT2D eigenvalue weighted by Crippen LogP contribution is -2.41. The average Bonchev–Trinajstić information content (AvgIpc) is 2.36. The Bertz CT molecular complexity index is 298. The van der Waals surface area contributed by atoms with Crippen molar-refractivity contribution < 1.29 is 19.4 Å². The highest BCUT2D eigenvalue weighted by Gasteiger charge is 2.22. The third-order valence-corrected chi connectivity index (χ3v) is 3.46. The van der Waals surface area contributed by atoms with Crippen molar-refractivity contribution in [3.63, 3.8) is 0 Å². The van der Waals surface area contributed by atoms with E-state index in [1.165, 1.54) is 0 Å². The van der Waals surface area contributed by atoms with E-state index in [0.29, 0.717) is 18.8 Å². The molecule has 0 radical (unpaired) electrons. The van der Waals surface area contributed by atoms with Gasteiger partial charge in [0, 0.05) is 19.6 Å². The summed E-state index contributed by atoms with van der Waals surface area (Å²) in [6.45, 7) is 5.45. The molecule has 1 aliphatic heterocycles. The zero-order valence-electron chi connectivity index (χ0n) is 11.9. The molecule has 5 heteroatoms. The van der Waals surface area contributed by atoms with Crippen molar-refractivity contribution in [1.29, 1.82) is 0 Å². The highest BCUT2D eigenvalue weighted by Crippen LogP contribution is 2.19. The van der Waals surface area contributed by atoms with Crippen molar-refractivity contribution in [2.24, 2.45) is 11.8 Å². The fourth-order valence-corrected chi connectivity index (χ4v) is 2.33. The lowest BCUT2D eigenvalue weighted by atomic mass is 9.94. The fraction of sp³-hybridized carbons (Fsp3) is 0.857. The quantitative estimate of drug-likeness (QED) is 0.740. The van der Waals surface area contributed by atoms with Gasteiger partial charge in [-0.25, -0.2) is 4.79 Å². The standard InChI is InChI=1S/C14H25NO4/c1-10(2)9-12(14(17)18)15-13(16)4-3-11-5-7-19-8-6-11/h10-12H,3-9H2,1-2H3,(H,15,16)(H,17,18)/t12-/m0/s1. The largest absolute Gasteiger partial charge is 0.480 e. The first-order valence-corrected chi connectivity index (χ1v) is 7.09. The minimum Gasteiger partial charge on any atom is -0.480 e. The number of rotatable bonds is 7. The molecule has 1 heterocycles. The summed E-state index contributed by atoms with van der Waals surface area (Å²) in [5.74, 6) is -0.322. The summed E-state index contributed by atoms with van der Waals surface area (Å²) in [5, 5.41) is 11.7. The zero-order chi connectivity index (χ0) is 14.3. The van der Waals surface area contributed by atoms with Gasteiger partial charge < -0.3 is 15.2 Å². The highest BCUT2D eigenvalue weighted by molar-refractivity contribution is 5.83. The van der Waals surface area contributed by atoms with Gasteiger partial charge in [0.1, 0.15) is 6.04 Å². The molecule has 1 saturated heterocycles. The summed E-state index contributed by atoms with van der Waals surface area (Å²) in [4.78, 5) is 22.8. The van der Waals surface area contributed by atoms with E-state index in [1.54, 1.807) is 0 Å². The first-order valence-electron chi connectivity index (χ1n) is 7.09. The Hall–Kier alpha value is -1.10. The molecule has 1 fully saturated rings. The van der Waals surface area contributed by atoms with Crippen LogP contribution >= 0.6 is 0 Å². The van der Waals surface area contributed by atoms with Crippen LogP contribution in [0, 0.1) is 11.8 Å². The molecular weight excluding hydrogens is 246 g/mol. The molecule has 0 saturated carbocycles. The number of ether oxygens (including phenoxy) is 1. The molecule has 5 nitrogen and oxygen atoms in total. The van der Waals surface area contributed by atoms with Crippen LogP contribution in [0.3, 0.4) is 0 Å². The van der Waals surface area contributed by atoms with Crippen molar-refractivity contribution in [3.05, 3.63) is 0 Å². The van der Waals surface area contributed by atoms with Crippen molar-refractivity contribution in [2.75, 3.05) is 13.2 Å².